The lowest BCUT2D eigenvalue weighted by Gasteiger charge is -2.15. The first-order chi connectivity index (χ1) is 8.96. The van der Waals surface area contributed by atoms with Crippen LogP contribution in [0.25, 0.3) is 10.7 Å². The molecule has 0 amide bonds. The number of aromatic nitrogens is 3. The number of aliphatic carboxylic acids is 1. The average molecular weight is 279 g/mol. The van der Waals surface area contributed by atoms with Crippen LogP contribution in [0.3, 0.4) is 0 Å². The molecular weight excluding hydrogens is 262 g/mol. The second-order valence-corrected chi connectivity index (χ2v) is 5.80. The summed E-state index contributed by atoms with van der Waals surface area (Å²) in [4.78, 5) is 19.8. The topological polar surface area (TPSA) is 68.0 Å². The van der Waals surface area contributed by atoms with Crippen molar-refractivity contribution in [1.29, 1.82) is 0 Å². The van der Waals surface area contributed by atoms with Gasteiger partial charge >= 0.3 is 5.97 Å². The fourth-order valence-corrected chi connectivity index (χ4v) is 2.72. The number of nitrogens with zero attached hydrogens (tertiary/aromatic N) is 3. The van der Waals surface area contributed by atoms with Crippen LogP contribution in [-0.4, -0.2) is 25.6 Å². The maximum Gasteiger partial charge on any atom is 0.315 e. The monoisotopic (exact) mass is 279 g/mol. The number of hydrogen-bond acceptors (Lipinski definition) is 4. The zero-order valence-electron chi connectivity index (χ0n) is 11.3. The van der Waals surface area contributed by atoms with E-state index >= 15 is 0 Å². The Balaban J connectivity index is 2.36. The number of aryl methyl sites for hydroxylation is 1. The number of thiazole rings is 1. The predicted molar refractivity (Wildman–Crippen MR) is 74.3 cm³/mol. The highest BCUT2D eigenvalue weighted by atomic mass is 32.1. The van der Waals surface area contributed by atoms with Crippen molar-refractivity contribution in [3.63, 3.8) is 0 Å². The van der Waals surface area contributed by atoms with Crippen LogP contribution >= 0.6 is 11.3 Å². The van der Waals surface area contributed by atoms with Gasteiger partial charge in [0.25, 0.3) is 0 Å². The molecule has 0 aliphatic heterocycles. The fourth-order valence-electron chi connectivity index (χ4n) is 1.71. The van der Waals surface area contributed by atoms with E-state index in [4.69, 9.17) is 0 Å². The first-order valence-electron chi connectivity index (χ1n) is 6.16. The van der Waals surface area contributed by atoms with Gasteiger partial charge in [-0.05, 0) is 20.3 Å². The third-order valence-corrected chi connectivity index (χ3v) is 3.94. The summed E-state index contributed by atoms with van der Waals surface area (Å²) >= 11 is 1.46. The molecule has 19 heavy (non-hydrogen) atoms. The molecule has 2 aromatic rings. The van der Waals surface area contributed by atoms with Crippen molar-refractivity contribution >= 4 is 17.3 Å². The summed E-state index contributed by atoms with van der Waals surface area (Å²) in [6.45, 7) is 6.31. The van der Waals surface area contributed by atoms with E-state index in [9.17, 15) is 9.90 Å². The molecule has 0 spiro atoms. The van der Waals surface area contributed by atoms with Crippen LogP contribution in [0.15, 0.2) is 17.9 Å². The number of carboxylic acids is 1. The van der Waals surface area contributed by atoms with Crippen molar-refractivity contribution in [1.82, 2.24) is 14.5 Å². The molecule has 0 aromatic carbocycles. The van der Waals surface area contributed by atoms with Crippen molar-refractivity contribution in [2.75, 3.05) is 0 Å². The maximum atomic E-state index is 11.2. The van der Waals surface area contributed by atoms with E-state index in [0.29, 0.717) is 5.69 Å². The van der Waals surface area contributed by atoms with Crippen LogP contribution in [0.4, 0.5) is 0 Å². The summed E-state index contributed by atoms with van der Waals surface area (Å²) < 4.78 is 2.04. The number of hydrogen-bond donors (Lipinski definition) is 1. The lowest BCUT2D eigenvalue weighted by Crippen LogP contribution is -2.28. The van der Waals surface area contributed by atoms with Crippen LogP contribution in [0.2, 0.25) is 0 Å². The van der Waals surface area contributed by atoms with E-state index in [2.05, 4.69) is 16.9 Å². The summed E-state index contributed by atoms with van der Waals surface area (Å²) in [6.07, 6.45) is 4.57. The molecule has 5 nitrogen and oxygen atoms in total. The normalized spacial score (nSPS) is 11.7. The van der Waals surface area contributed by atoms with Crippen molar-refractivity contribution < 1.29 is 9.90 Å². The van der Waals surface area contributed by atoms with E-state index < -0.39 is 11.4 Å². The number of carbonyl (C=O) groups is 1. The molecule has 2 aromatic heterocycles. The van der Waals surface area contributed by atoms with Gasteiger partial charge in [-0.2, -0.15) is 0 Å². The Bertz CT molecular complexity index is 586. The minimum absolute atomic E-state index is 0.587. The molecular formula is C13H17N3O2S. The van der Waals surface area contributed by atoms with Crippen LogP contribution in [0, 0.1) is 0 Å². The van der Waals surface area contributed by atoms with Gasteiger partial charge in [0, 0.05) is 11.9 Å². The van der Waals surface area contributed by atoms with Gasteiger partial charge in [0.05, 0.1) is 23.9 Å². The van der Waals surface area contributed by atoms with E-state index in [1.807, 2.05) is 9.95 Å². The molecule has 6 heteroatoms. The summed E-state index contributed by atoms with van der Waals surface area (Å²) in [5.41, 5.74) is 0.563. The highest BCUT2D eigenvalue weighted by Gasteiger charge is 2.32. The lowest BCUT2D eigenvalue weighted by molar-refractivity contribution is -0.142. The molecule has 2 heterocycles. The van der Waals surface area contributed by atoms with E-state index in [0.717, 1.165) is 23.7 Å². The van der Waals surface area contributed by atoms with Gasteiger partial charge in [0.15, 0.2) is 0 Å². The molecule has 0 radical (unpaired) electrons. The third-order valence-electron chi connectivity index (χ3n) is 3.08. The van der Waals surface area contributed by atoms with Crippen molar-refractivity contribution in [2.45, 2.75) is 39.2 Å². The SMILES string of the molecule is CCCn1cncc1-c1nc(C(C)(C)C(=O)O)cs1. The van der Waals surface area contributed by atoms with Gasteiger partial charge in [0.1, 0.15) is 10.4 Å². The zero-order valence-corrected chi connectivity index (χ0v) is 12.1. The first-order valence-corrected chi connectivity index (χ1v) is 7.04. The maximum absolute atomic E-state index is 11.2. The molecule has 0 fully saturated rings. The molecule has 0 aliphatic rings. The Morgan fingerprint density at radius 2 is 2.26 bits per heavy atom. The Morgan fingerprint density at radius 1 is 1.53 bits per heavy atom. The van der Waals surface area contributed by atoms with Crippen molar-refractivity contribution in [3.8, 4) is 10.7 Å². The summed E-state index contributed by atoms with van der Waals surface area (Å²) in [5, 5.41) is 11.8. The Labute approximate surface area is 115 Å². The molecule has 102 valence electrons. The molecule has 2 rings (SSSR count). The molecule has 0 atom stereocenters. The van der Waals surface area contributed by atoms with Crippen LogP contribution in [-0.2, 0) is 16.8 Å². The van der Waals surface area contributed by atoms with E-state index in [1.165, 1.54) is 11.3 Å². The number of rotatable bonds is 5. The Kier molecular flexibility index (Phi) is 3.71. The highest BCUT2D eigenvalue weighted by Crippen LogP contribution is 2.30. The fraction of sp³-hybridized carbons (Fsp3) is 0.462. The van der Waals surface area contributed by atoms with E-state index in [-0.39, 0.29) is 0 Å². The molecule has 0 saturated heterocycles. The Morgan fingerprint density at radius 3 is 2.89 bits per heavy atom. The Hall–Kier alpha value is -1.69. The largest absolute Gasteiger partial charge is 0.481 e. The summed E-state index contributed by atoms with van der Waals surface area (Å²) in [6, 6.07) is 0. The average Bonchev–Trinajstić information content (AvgIpc) is 2.96. The van der Waals surface area contributed by atoms with Gasteiger partial charge in [0.2, 0.25) is 0 Å². The van der Waals surface area contributed by atoms with E-state index in [1.54, 1.807) is 26.4 Å². The second kappa shape index (κ2) is 5.13. The smallest absolute Gasteiger partial charge is 0.315 e. The zero-order chi connectivity index (χ0) is 14.0. The first kappa shape index (κ1) is 13.7. The van der Waals surface area contributed by atoms with Crippen LogP contribution in [0.5, 0.6) is 0 Å². The van der Waals surface area contributed by atoms with Crippen LogP contribution in [0.1, 0.15) is 32.9 Å². The second-order valence-electron chi connectivity index (χ2n) is 4.94. The van der Waals surface area contributed by atoms with Gasteiger partial charge < -0.3 is 9.67 Å². The quantitative estimate of drug-likeness (QED) is 0.913. The summed E-state index contributed by atoms with van der Waals surface area (Å²) in [7, 11) is 0. The summed E-state index contributed by atoms with van der Waals surface area (Å²) in [5.74, 6) is -0.869. The molecule has 0 unspecified atom stereocenters. The molecule has 0 saturated carbocycles. The van der Waals surface area contributed by atoms with Crippen molar-refractivity contribution in [3.05, 3.63) is 23.6 Å². The standard InChI is InChI=1S/C13H17N3O2S/c1-4-5-16-8-14-6-9(16)11-15-10(7-19-11)13(2,3)12(17)18/h6-8H,4-5H2,1-3H3,(H,17,18). The van der Waals surface area contributed by atoms with Crippen LogP contribution < -0.4 is 0 Å². The third kappa shape index (κ3) is 2.53. The van der Waals surface area contributed by atoms with Gasteiger partial charge in [-0.15, -0.1) is 11.3 Å². The van der Waals surface area contributed by atoms with Gasteiger partial charge in [-0.25, -0.2) is 9.97 Å². The number of imidazole rings is 1. The highest BCUT2D eigenvalue weighted by molar-refractivity contribution is 7.13. The van der Waals surface area contributed by atoms with Gasteiger partial charge in [-0.3, -0.25) is 4.79 Å². The lowest BCUT2D eigenvalue weighted by atomic mass is 9.90. The minimum Gasteiger partial charge on any atom is -0.481 e. The molecule has 1 N–H and O–H groups in total. The molecule has 0 bridgehead atoms. The van der Waals surface area contributed by atoms with Gasteiger partial charge in [-0.1, -0.05) is 6.92 Å². The number of carboxylic acid groups (broad SMARTS) is 1. The minimum atomic E-state index is -0.968. The van der Waals surface area contributed by atoms with Crippen molar-refractivity contribution in [2.24, 2.45) is 0 Å². The molecule has 0 aliphatic carbocycles. The predicted octanol–water partition coefficient (Wildman–Crippen LogP) is 2.78.